The van der Waals surface area contributed by atoms with Crippen molar-refractivity contribution in [3.05, 3.63) is 146 Å². The standard InChI is InChI=1S/C42H29NO5/c44-38-37(39(45)41(47)42(48)40(38)46)43(29-19-14-26(15-20-29)25-8-2-1-3-9-25)30-21-16-27(17-22-30)28-18-23-35-33-12-5-4-10-31(33)32-11-6-7-13-34(32)36(35)24-28/h1-24,44-48H. The van der Waals surface area contributed by atoms with Crippen molar-refractivity contribution in [2.45, 2.75) is 0 Å². The Kier molecular flexibility index (Phi) is 6.78. The SMILES string of the molecule is Oc1c(O)c(O)c(N(c2ccc(-c3ccccc3)cc2)c2ccc(-c3ccc4c5ccccc5c5ccccc5c4c3)cc2)c(O)c1O. The Morgan fingerprint density at radius 2 is 0.646 bits per heavy atom. The van der Waals surface area contributed by atoms with Crippen LogP contribution < -0.4 is 4.90 Å². The fourth-order valence-corrected chi connectivity index (χ4v) is 6.62. The maximum atomic E-state index is 11.0. The number of nitrogens with zero attached hydrogens (tertiary/aromatic N) is 1. The predicted molar refractivity (Wildman–Crippen MR) is 193 cm³/mol. The molecule has 8 aromatic rings. The predicted octanol–water partition coefficient (Wildman–Crippen LogP) is 10.5. The van der Waals surface area contributed by atoms with Crippen LogP contribution in [0.2, 0.25) is 0 Å². The minimum atomic E-state index is -1.01. The van der Waals surface area contributed by atoms with E-state index in [0.29, 0.717) is 11.4 Å². The highest BCUT2D eigenvalue weighted by Crippen LogP contribution is 2.58. The van der Waals surface area contributed by atoms with Crippen LogP contribution >= 0.6 is 0 Å². The van der Waals surface area contributed by atoms with Crippen LogP contribution in [0.15, 0.2) is 146 Å². The first-order valence-corrected chi connectivity index (χ1v) is 15.5. The van der Waals surface area contributed by atoms with E-state index in [9.17, 15) is 25.5 Å². The van der Waals surface area contributed by atoms with E-state index in [1.807, 2.05) is 78.9 Å². The van der Waals surface area contributed by atoms with Gasteiger partial charge in [-0.25, -0.2) is 0 Å². The van der Waals surface area contributed by atoms with Crippen molar-refractivity contribution >= 4 is 49.4 Å². The number of hydrogen-bond acceptors (Lipinski definition) is 6. The maximum absolute atomic E-state index is 11.0. The largest absolute Gasteiger partial charge is 0.503 e. The monoisotopic (exact) mass is 627 g/mol. The summed E-state index contributed by atoms with van der Waals surface area (Å²) in [6.07, 6.45) is 0. The van der Waals surface area contributed by atoms with E-state index in [1.165, 1.54) is 31.8 Å². The molecule has 232 valence electrons. The van der Waals surface area contributed by atoms with Crippen molar-refractivity contribution in [1.82, 2.24) is 0 Å². The van der Waals surface area contributed by atoms with Crippen LogP contribution in [0.5, 0.6) is 28.7 Å². The Balaban J connectivity index is 1.26. The van der Waals surface area contributed by atoms with E-state index >= 15 is 0 Å². The molecule has 8 aromatic carbocycles. The van der Waals surface area contributed by atoms with Crippen molar-refractivity contribution in [2.24, 2.45) is 0 Å². The van der Waals surface area contributed by atoms with Gasteiger partial charge in [0, 0.05) is 11.4 Å². The highest BCUT2D eigenvalue weighted by atomic mass is 16.4. The van der Waals surface area contributed by atoms with Gasteiger partial charge in [-0.15, -0.1) is 0 Å². The third-order valence-electron chi connectivity index (χ3n) is 9.01. The van der Waals surface area contributed by atoms with Gasteiger partial charge in [-0.2, -0.15) is 0 Å². The van der Waals surface area contributed by atoms with Crippen molar-refractivity contribution < 1.29 is 25.5 Å². The Morgan fingerprint density at radius 1 is 0.292 bits per heavy atom. The molecule has 0 fully saturated rings. The van der Waals surface area contributed by atoms with Crippen molar-refractivity contribution in [1.29, 1.82) is 0 Å². The molecule has 0 aromatic heterocycles. The molecular weight excluding hydrogens is 598 g/mol. The highest BCUT2D eigenvalue weighted by Gasteiger charge is 2.29. The molecule has 6 nitrogen and oxygen atoms in total. The molecule has 0 saturated heterocycles. The Hall–Kier alpha value is -6.66. The summed E-state index contributed by atoms with van der Waals surface area (Å²) in [7, 11) is 0. The van der Waals surface area contributed by atoms with Gasteiger partial charge in [0.05, 0.1) is 0 Å². The third-order valence-corrected chi connectivity index (χ3v) is 9.01. The zero-order chi connectivity index (χ0) is 32.9. The molecule has 0 aliphatic carbocycles. The number of fused-ring (bicyclic) bond motifs is 6. The molecule has 0 bridgehead atoms. The minimum absolute atomic E-state index is 0.285. The second-order valence-electron chi connectivity index (χ2n) is 11.7. The number of hydrogen-bond donors (Lipinski definition) is 5. The molecule has 0 amide bonds. The molecule has 48 heavy (non-hydrogen) atoms. The lowest BCUT2D eigenvalue weighted by Crippen LogP contribution is -2.10. The zero-order valence-corrected chi connectivity index (χ0v) is 25.5. The summed E-state index contributed by atoms with van der Waals surface area (Å²) in [5.41, 5.74) is 4.70. The van der Waals surface area contributed by atoms with E-state index in [-0.39, 0.29) is 5.69 Å². The van der Waals surface area contributed by atoms with Crippen LogP contribution in [-0.4, -0.2) is 25.5 Å². The summed E-state index contributed by atoms with van der Waals surface area (Å²) >= 11 is 0. The molecule has 0 unspecified atom stereocenters. The molecule has 0 aliphatic heterocycles. The van der Waals surface area contributed by atoms with Crippen LogP contribution in [0.1, 0.15) is 0 Å². The van der Waals surface area contributed by atoms with Crippen LogP contribution in [0.3, 0.4) is 0 Å². The number of anilines is 3. The van der Waals surface area contributed by atoms with Crippen LogP contribution in [0.25, 0.3) is 54.6 Å². The number of benzene rings is 8. The van der Waals surface area contributed by atoms with Crippen LogP contribution in [-0.2, 0) is 0 Å². The lowest BCUT2D eigenvalue weighted by atomic mass is 9.92. The topological polar surface area (TPSA) is 104 Å². The summed E-state index contributed by atoms with van der Waals surface area (Å²) in [5, 5.41) is 60.1. The van der Waals surface area contributed by atoms with Gasteiger partial charge in [-0.1, -0.05) is 115 Å². The van der Waals surface area contributed by atoms with Crippen molar-refractivity contribution in [3.63, 3.8) is 0 Å². The molecular formula is C42H29NO5. The molecule has 0 radical (unpaired) electrons. The second kappa shape index (κ2) is 11.3. The quantitative estimate of drug-likeness (QED) is 0.0739. The summed E-state index contributed by atoms with van der Waals surface area (Å²) in [4.78, 5) is 1.52. The fraction of sp³-hybridized carbons (Fsp3) is 0. The molecule has 0 saturated carbocycles. The summed E-state index contributed by atoms with van der Waals surface area (Å²) < 4.78 is 0. The van der Waals surface area contributed by atoms with E-state index < -0.39 is 28.7 Å². The van der Waals surface area contributed by atoms with E-state index in [4.69, 9.17) is 0 Å². The number of rotatable bonds is 5. The van der Waals surface area contributed by atoms with Crippen molar-refractivity contribution in [2.75, 3.05) is 4.90 Å². The van der Waals surface area contributed by atoms with Gasteiger partial charge in [-0.3, -0.25) is 0 Å². The molecule has 0 heterocycles. The fourth-order valence-electron chi connectivity index (χ4n) is 6.62. The molecule has 6 heteroatoms. The number of phenolic OH excluding ortho intramolecular Hbond substituents is 5. The summed E-state index contributed by atoms with van der Waals surface area (Å²) in [6.45, 7) is 0. The second-order valence-corrected chi connectivity index (χ2v) is 11.7. The van der Waals surface area contributed by atoms with Crippen molar-refractivity contribution in [3.8, 4) is 51.0 Å². The maximum Gasteiger partial charge on any atom is 0.208 e. The normalized spacial score (nSPS) is 11.3. The Morgan fingerprint density at radius 3 is 1.15 bits per heavy atom. The molecule has 5 N–H and O–H groups in total. The van der Waals surface area contributed by atoms with Gasteiger partial charge in [0.1, 0.15) is 5.69 Å². The first-order valence-electron chi connectivity index (χ1n) is 15.5. The first kappa shape index (κ1) is 28.8. The minimum Gasteiger partial charge on any atom is -0.503 e. The number of aromatic hydroxyl groups is 5. The van der Waals surface area contributed by atoms with E-state index in [0.717, 1.165) is 27.6 Å². The van der Waals surface area contributed by atoms with E-state index in [2.05, 4.69) is 66.7 Å². The van der Waals surface area contributed by atoms with Crippen LogP contribution in [0, 0.1) is 0 Å². The zero-order valence-electron chi connectivity index (χ0n) is 25.5. The molecule has 0 spiro atoms. The van der Waals surface area contributed by atoms with Gasteiger partial charge >= 0.3 is 0 Å². The summed E-state index contributed by atoms with van der Waals surface area (Å²) in [5.74, 6) is -4.47. The van der Waals surface area contributed by atoms with Gasteiger partial charge in [0.15, 0.2) is 11.5 Å². The van der Waals surface area contributed by atoms with Gasteiger partial charge in [0.2, 0.25) is 17.2 Å². The summed E-state index contributed by atoms with van der Waals surface area (Å²) in [6, 6.07) is 48.2. The van der Waals surface area contributed by atoms with Gasteiger partial charge in [-0.05, 0) is 84.9 Å². The Labute approximate surface area is 275 Å². The van der Waals surface area contributed by atoms with Gasteiger partial charge in [0.25, 0.3) is 0 Å². The molecule has 0 aliphatic rings. The Bertz CT molecular complexity index is 2430. The number of phenols is 5. The lowest BCUT2D eigenvalue weighted by molar-refractivity contribution is 0.329. The highest BCUT2D eigenvalue weighted by molar-refractivity contribution is 6.25. The third kappa shape index (κ3) is 4.58. The smallest absolute Gasteiger partial charge is 0.208 e. The molecule has 0 atom stereocenters. The van der Waals surface area contributed by atoms with Crippen LogP contribution in [0.4, 0.5) is 17.1 Å². The lowest BCUT2D eigenvalue weighted by Gasteiger charge is -2.28. The molecule has 8 rings (SSSR count). The average molecular weight is 628 g/mol. The van der Waals surface area contributed by atoms with Gasteiger partial charge < -0.3 is 30.4 Å². The van der Waals surface area contributed by atoms with E-state index in [1.54, 1.807) is 0 Å². The first-order chi connectivity index (χ1) is 23.4. The average Bonchev–Trinajstić information content (AvgIpc) is 3.15.